The number of ether oxygens (including phenoxy) is 1. The van der Waals surface area contributed by atoms with Gasteiger partial charge in [-0.05, 0) is 41.1 Å². The minimum Gasteiger partial charge on any atom is -0.387 e. The minimum absolute atomic E-state index is 0.0152. The van der Waals surface area contributed by atoms with Crippen LogP contribution < -0.4 is 5.32 Å². The molecule has 1 aromatic rings. The van der Waals surface area contributed by atoms with Gasteiger partial charge in [-0.15, -0.1) is 0 Å². The molecule has 1 aromatic heterocycles. The van der Waals surface area contributed by atoms with E-state index in [-0.39, 0.29) is 18.4 Å². The molecule has 1 aliphatic heterocycles. The van der Waals surface area contributed by atoms with Crippen LogP contribution in [-0.4, -0.2) is 30.8 Å². The summed E-state index contributed by atoms with van der Waals surface area (Å²) < 4.78 is 5.31. The number of hydrogen-bond donors (Lipinski definition) is 2. The molecule has 19 heavy (non-hydrogen) atoms. The first-order chi connectivity index (χ1) is 9.18. The average Bonchev–Trinajstić information content (AvgIpc) is 2.98. The topological polar surface area (TPSA) is 58.6 Å². The van der Waals surface area contributed by atoms with Gasteiger partial charge >= 0.3 is 0 Å². The molecular formula is C14H21NO3S. The van der Waals surface area contributed by atoms with E-state index in [0.29, 0.717) is 5.92 Å². The Balaban J connectivity index is 1.77. The maximum absolute atomic E-state index is 12.1. The largest absolute Gasteiger partial charge is 0.387 e. The molecule has 2 unspecified atom stereocenters. The standard InChI is InChI=1S/C14H21NO3S/c1-10(11-2-5-18-6-3-11)14(17)15-8-13(16)12-4-7-19-9-12/h4,7,9-11,13,16H,2-3,5-6,8H2,1H3,(H,15,17). The maximum atomic E-state index is 12.1. The smallest absolute Gasteiger partial charge is 0.223 e. The molecule has 2 heterocycles. The predicted octanol–water partition coefficient (Wildman–Crippen LogP) is 1.96. The van der Waals surface area contributed by atoms with Gasteiger partial charge in [0.15, 0.2) is 0 Å². The summed E-state index contributed by atoms with van der Waals surface area (Å²) in [5.74, 6) is 0.409. The van der Waals surface area contributed by atoms with Crippen LogP contribution in [0.15, 0.2) is 16.8 Å². The van der Waals surface area contributed by atoms with E-state index in [9.17, 15) is 9.90 Å². The lowest BCUT2D eigenvalue weighted by Crippen LogP contribution is -2.37. The Morgan fingerprint density at radius 1 is 1.58 bits per heavy atom. The van der Waals surface area contributed by atoms with Crippen LogP contribution in [0, 0.1) is 11.8 Å². The first-order valence-electron chi connectivity index (χ1n) is 6.74. The molecule has 106 valence electrons. The second-order valence-corrected chi connectivity index (χ2v) is 5.84. The second kappa shape index (κ2) is 7.03. The Morgan fingerprint density at radius 3 is 2.95 bits per heavy atom. The highest BCUT2D eigenvalue weighted by Gasteiger charge is 2.26. The molecule has 1 fully saturated rings. The third kappa shape index (κ3) is 4.03. The third-order valence-corrected chi connectivity index (χ3v) is 4.49. The van der Waals surface area contributed by atoms with E-state index < -0.39 is 6.10 Å². The monoisotopic (exact) mass is 283 g/mol. The Hall–Kier alpha value is -0.910. The molecule has 2 rings (SSSR count). The lowest BCUT2D eigenvalue weighted by molar-refractivity contribution is -0.127. The van der Waals surface area contributed by atoms with Crippen molar-refractivity contribution >= 4 is 17.2 Å². The van der Waals surface area contributed by atoms with Crippen molar-refractivity contribution in [2.75, 3.05) is 19.8 Å². The molecule has 2 N–H and O–H groups in total. The van der Waals surface area contributed by atoms with Crippen LogP contribution in [0.2, 0.25) is 0 Å². The Bertz CT molecular complexity index is 387. The molecular weight excluding hydrogens is 262 g/mol. The van der Waals surface area contributed by atoms with Gasteiger partial charge in [-0.3, -0.25) is 4.79 Å². The highest BCUT2D eigenvalue weighted by Crippen LogP contribution is 2.23. The molecule has 0 bridgehead atoms. The van der Waals surface area contributed by atoms with Crippen molar-refractivity contribution in [3.05, 3.63) is 22.4 Å². The van der Waals surface area contributed by atoms with Crippen molar-refractivity contribution < 1.29 is 14.6 Å². The first kappa shape index (κ1) is 14.5. The fraction of sp³-hybridized carbons (Fsp3) is 0.643. The molecule has 0 aromatic carbocycles. The summed E-state index contributed by atoms with van der Waals surface area (Å²) in [7, 11) is 0. The first-order valence-corrected chi connectivity index (χ1v) is 7.68. The highest BCUT2D eigenvalue weighted by molar-refractivity contribution is 7.07. The Labute approximate surface area is 117 Å². The van der Waals surface area contributed by atoms with E-state index in [1.807, 2.05) is 23.8 Å². The SMILES string of the molecule is CC(C(=O)NCC(O)c1ccsc1)C1CCOCC1. The summed E-state index contributed by atoms with van der Waals surface area (Å²) in [6.45, 7) is 3.74. The van der Waals surface area contributed by atoms with Gasteiger partial charge in [0.1, 0.15) is 0 Å². The molecule has 0 saturated carbocycles. The molecule has 2 atom stereocenters. The van der Waals surface area contributed by atoms with E-state index in [2.05, 4.69) is 5.32 Å². The fourth-order valence-electron chi connectivity index (χ4n) is 2.37. The predicted molar refractivity (Wildman–Crippen MR) is 75.0 cm³/mol. The average molecular weight is 283 g/mol. The van der Waals surface area contributed by atoms with E-state index in [1.54, 1.807) is 11.3 Å². The number of carbonyl (C=O) groups excluding carboxylic acids is 1. The number of aliphatic hydroxyl groups is 1. The number of rotatable bonds is 5. The summed E-state index contributed by atoms with van der Waals surface area (Å²) in [5, 5.41) is 16.6. The summed E-state index contributed by atoms with van der Waals surface area (Å²) in [4.78, 5) is 12.1. The number of carbonyl (C=O) groups is 1. The fourth-order valence-corrected chi connectivity index (χ4v) is 3.08. The van der Waals surface area contributed by atoms with Gasteiger partial charge in [0, 0.05) is 25.7 Å². The lowest BCUT2D eigenvalue weighted by Gasteiger charge is -2.27. The molecule has 4 nitrogen and oxygen atoms in total. The van der Waals surface area contributed by atoms with Crippen LogP contribution in [0.25, 0.3) is 0 Å². The van der Waals surface area contributed by atoms with Crippen molar-refractivity contribution in [3.63, 3.8) is 0 Å². The van der Waals surface area contributed by atoms with Crippen LogP contribution in [0.1, 0.15) is 31.4 Å². The van der Waals surface area contributed by atoms with Crippen LogP contribution in [0.5, 0.6) is 0 Å². The normalized spacial score (nSPS) is 19.9. The molecule has 5 heteroatoms. The zero-order valence-corrected chi connectivity index (χ0v) is 12.0. The quantitative estimate of drug-likeness (QED) is 0.868. The van der Waals surface area contributed by atoms with Crippen molar-refractivity contribution in [3.8, 4) is 0 Å². The van der Waals surface area contributed by atoms with E-state index in [4.69, 9.17) is 4.74 Å². The van der Waals surface area contributed by atoms with Crippen molar-refractivity contribution in [2.45, 2.75) is 25.9 Å². The number of nitrogens with one attached hydrogen (secondary N) is 1. The van der Waals surface area contributed by atoms with Gasteiger partial charge in [0.2, 0.25) is 5.91 Å². The molecule has 1 amide bonds. The summed E-state index contributed by atoms with van der Waals surface area (Å²) in [6, 6.07) is 1.88. The van der Waals surface area contributed by atoms with Gasteiger partial charge in [0.25, 0.3) is 0 Å². The van der Waals surface area contributed by atoms with Crippen molar-refractivity contribution in [1.82, 2.24) is 5.32 Å². The molecule has 1 saturated heterocycles. The summed E-state index contributed by atoms with van der Waals surface area (Å²) in [5.41, 5.74) is 0.865. The van der Waals surface area contributed by atoms with Crippen LogP contribution in [-0.2, 0) is 9.53 Å². The van der Waals surface area contributed by atoms with Gasteiger partial charge in [-0.25, -0.2) is 0 Å². The second-order valence-electron chi connectivity index (χ2n) is 5.06. The third-order valence-electron chi connectivity index (χ3n) is 3.78. The van der Waals surface area contributed by atoms with Gasteiger partial charge in [-0.2, -0.15) is 11.3 Å². The van der Waals surface area contributed by atoms with E-state index >= 15 is 0 Å². The van der Waals surface area contributed by atoms with Crippen molar-refractivity contribution in [1.29, 1.82) is 0 Å². The van der Waals surface area contributed by atoms with Gasteiger partial charge in [-0.1, -0.05) is 6.92 Å². The maximum Gasteiger partial charge on any atom is 0.223 e. The minimum atomic E-state index is -0.614. The zero-order chi connectivity index (χ0) is 13.7. The zero-order valence-electron chi connectivity index (χ0n) is 11.2. The molecule has 0 radical (unpaired) electrons. The Kier molecular flexibility index (Phi) is 5.36. The molecule has 0 aliphatic carbocycles. The lowest BCUT2D eigenvalue weighted by atomic mass is 9.87. The summed E-state index contributed by atoms with van der Waals surface area (Å²) >= 11 is 1.54. The number of aliphatic hydroxyl groups excluding tert-OH is 1. The molecule has 0 spiro atoms. The summed E-state index contributed by atoms with van der Waals surface area (Å²) in [6.07, 6.45) is 1.28. The Morgan fingerprint density at radius 2 is 2.32 bits per heavy atom. The van der Waals surface area contributed by atoms with Crippen LogP contribution in [0.4, 0.5) is 0 Å². The van der Waals surface area contributed by atoms with Crippen molar-refractivity contribution in [2.24, 2.45) is 11.8 Å². The number of amides is 1. The van der Waals surface area contributed by atoms with Gasteiger partial charge in [0.05, 0.1) is 6.10 Å². The highest BCUT2D eigenvalue weighted by atomic mass is 32.1. The number of thiophene rings is 1. The van der Waals surface area contributed by atoms with Crippen LogP contribution >= 0.6 is 11.3 Å². The van der Waals surface area contributed by atoms with E-state index in [0.717, 1.165) is 31.6 Å². The van der Waals surface area contributed by atoms with E-state index in [1.165, 1.54) is 0 Å². The molecule has 1 aliphatic rings. The number of hydrogen-bond acceptors (Lipinski definition) is 4. The van der Waals surface area contributed by atoms with Crippen LogP contribution in [0.3, 0.4) is 0 Å². The van der Waals surface area contributed by atoms with Gasteiger partial charge < -0.3 is 15.2 Å².